The average molecular weight is 426 g/mol. The van der Waals surface area contributed by atoms with Gasteiger partial charge in [0, 0.05) is 5.56 Å². The Morgan fingerprint density at radius 1 is 1.00 bits per heavy atom. The van der Waals surface area contributed by atoms with E-state index in [4.69, 9.17) is 23.8 Å². The van der Waals surface area contributed by atoms with Crippen molar-refractivity contribution in [2.75, 3.05) is 5.32 Å². The number of para-hydroxylation sites is 1. The maximum atomic E-state index is 13.0. The largest absolute Gasteiger partial charge is 0.331 e. The van der Waals surface area contributed by atoms with Crippen LogP contribution in [0.4, 0.5) is 10.1 Å². The van der Waals surface area contributed by atoms with E-state index < -0.39 is 11.7 Å². The summed E-state index contributed by atoms with van der Waals surface area (Å²) in [6.45, 7) is 0. The van der Waals surface area contributed by atoms with Crippen molar-refractivity contribution in [3.05, 3.63) is 83.1 Å². The molecule has 0 unspecified atom stereocenters. The van der Waals surface area contributed by atoms with Crippen LogP contribution >= 0.6 is 23.8 Å². The molecule has 0 bridgehead atoms. The number of carbonyl (C=O) groups is 1. The molecule has 4 aromatic rings. The minimum atomic E-state index is -0.463. The van der Waals surface area contributed by atoms with Gasteiger partial charge in [-0.3, -0.25) is 10.1 Å². The molecule has 1 heterocycles. The Labute approximate surface area is 175 Å². The van der Waals surface area contributed by atoms with Crippen LogP contribution in [0.25, 0.3) is 16.7 Å². The van der Waals surface area contributed by atoms with Gasteiger partial charge in [-0.25, -0.2) is 4.39 Å². The standard InChI is InChI=1S/C20H13ClFN5OS/c21-15-10-17-18(26-27(25-17)14-4-2-1-3-5-14)11-16(15)23-20(29)24-19(28)12-6-8-13(22)9-7-12/h1-11H,(H2,23,24,28,29). The maximum absolute atomic E-state index is 13.0. The van der Waals surface area contributed by atoms with E-state index in [-0.39, 0.29) is 10.7 Å². The first kappa shape index (κ1) is 19.0. The number of nitrogens with one attached hydrogen (secondary N) is 2. The van der Waals surface area contributed by atoms with Crippen molar-refractivity contribution in [1.29, 1.82) is 0 Å². The third-order valence-electron chi connectivity index (χ3n) is 4.04. The summed E-state index contributed by atoms with van der Waals surface area (Å²) in [4.78, 5) is 13.7. The van der Waals surface area contributed by atoms with Crippen molar-refractivity contribution < 1.29 is 9.18 Å². The summed E-state index contributed by atoms with van der Waals surface area (Å²) >= 11 is 11.5. The van der Waals surface area contributed by atoms with Gasteiger partial charge in [-0.15, -0.1) is 10.2 Å². The molecule has 3 aromatic carbocycles. The molecular weight excluding hydrogens is 413 g/mol. The summed E-state index contributed by atoms with van der Waals surface area (Å²) < 4.78 is 13.0. The van der Waals surface area contributed by atoms with E-state index in [1.54, 1.807) is 12.1 Å². The van der Waals surface area contributed by atoms with Gasteiger partial charge in [-0.05, 0) is 60.7 Å². The molecule has 0 atom stereocenters. The van der Waals surface area contributed by atoms with Crippen LogP contribution in [0.5, 0.6) is 0 Å². The molecule has 9 heteroatoms. The fourth-order valence-corrected chi connectivity index (χ4v) is 3.05. The fraction of sp³-hybridized carbons (Fsp3) is 0. The predicted molar refractivity (Wildman–Crippen MR) is 114 cm³/mol. The Kier molecular flexibility index (Phi) is 5.20. The first-order chi connectivity index (χ1) is 14.0. The smallest absolute Gasteiger partial charge is 0.257 e. The zero-order valence-electron chi connectivity index (χ0n) is 14.8. The number of carbonyl (C=O) groups excluding carboxylic acids is 1. The van der Waals surface area contributed by atoms with Crippen molar-refractivity contribution in [2.45, 2.75) is 0 Å². The second-order valence-electron chi connectivity index (χ2n) is 6.06. The van der Waals surface area contributed by atoms with Crippen molar-refractivity contribution in [3.8, 4) is 5.69 Å². The summed E-state index contributed by atoms with van der Waals surface area (Å²) in [7, 11) is 0. The summed E-state index contributed by atoms with van der Waals surface area (Å²) in [5.41, 5.74) is 2.79. The molecule has 0 spiro atoms. The van der Waals surface area contributed by atoms with Gasteiger partial charge in [0.25, 0.3) is 5.91 Å². The molecular formula is C20H13ClFN5OS. The van der Waals surface area contributed by atoms with E-state index in [0.29, 0.717) is 21.7 Å². The number of hydrogen-bond acceptors (Lipinski definition) is 4. The van der Waals surface area contributed by atoms with Gasteiger partial charge in [0.05, 0.1) is 16.4 Å². The molecule has 0 saturated heterocycles. The van der Waals surface area contributed by atoms with Gasteiger partial charge in [0.15, 0.2) is 5.11 Å². The Morgan fingerprint density at radius 2 is 1.66 bits per heavy atom. The number of fused-ring (bicyclic) bond motifs is 1. The van der Waals surface area contributed by atoms with Crippen molar-refractivity contribution in [3.63, 3.8) is 0 Å². The maximum Gasteiger partial charge on any atom is 0.257 e. The third-order valence-corrected chi connectivity index (χ3v) is 4.55. The molecule has 0 fully saturated rings. The molecule has 0 aliphatic rings. The van der Waals surface area contributed by atoms with Crippen LogP contribution in [0.1, 0.15) is 10.4 Å². The van der Waals surface area contributed by atoms with Gasteiger partial charge in [-0.1, -0.05) is 29.8 Å². The number of halogens is 2. The van der Waals surface area contributed by atoms with Gasteiger partial charge in [-0.2, -0.15) is 4.80 Å². The van der Waals surface area contributed by atoms with E-state index in [0.717, 1.165) is 5.69 Å². The highest BCUT2D eigenvalue weighted by Gasteiger charge is 2.12. The first-order valence-electron chi connectivity index (χ1n) is 8.49. The Bertz CT molecular complexity index is 1210. The number of rotatable bonds is 3. The van der Waals surface area contributed by atoms with Gasteiger partial charge < -0.3 is 5.32 Å². The average Bonchev–Trinajstić information content (AvgIpc) is 3.12. The highest BCUT2D eigenvalue weighted by molar-refractivity contribution is 7.80. The second kappa shape index (κ2) is 7.94. The Hall–Kier alpha value is -3.36. The van der Waals surface area contributed by atoms with E-state index in [1.807, 2.05) is 30.3 Å². The summed E-state index contributed by atoms with van der Waals surface area (Å²) in [5, 5.41) is 14.7. The van der Waals surface area contributed by atoms with Crippen molar-refractivity contribution in [2.24, 2.45) is 0 Å². The molecule has 144 valence electrons. The molecule has 0 radical (unpaired) electrons. The number of amides is 1. The van der Waals surface area contributed by atoms with Gasteiger partial charge in [0.2, 0.25) is 0 Å². The summed E-state index contributed by atoms with van der Waals surface area (Å²) in [6.07, 6.45) is 0. The monoisotopic (exact) mass is 425 g/mol. The molecule has 29 heavy (non-hydrogen) atoms. The Balaban J connectivity index is 1.52. The fourth-order valence-electron chi connectivity index (χ4n) is 2.64. The highest BCUT2D eigenvalue weighted by atomic mass is 35.5. The summed E-state index contributed by atoms with van der Waals surface area (Å²) in [6, 6.07) is 18.0. The lowest BCUT2D eigenvalue weighted by molar-refractivity contribution is 0.0977. The van der Waals surface area contributed by atoms with E-state index in [1.165, 1.54) is 29.1 Å². The molecule has 2 N–H and O–H groups in total. The number of aromatic nitrogens is 3. The van der Waals surface area contributed by atoms with E-state index in [2.05, 4.69) is 20.8 Å². The lowest BCUT2D eigenvalue weighted by Gasteiger charge is -2.10. The highest BCUT2D eigenvalue weighted by Crippen LogP contribution is 2.27. The molecule has 0 aliphatic heterocycles. The zero-order chi connectivity index (χ0) is 20.4. The van der Waals surface area contributed by atoms with Gasteiger partial charge in [0.1, 0.15) is 16.9 Å². The van der Waals surface area contributed by atoms with Crippen LogP contribution in [0.15, 0.2) is 66.7 Å². The molecule has 1 amide bonds. The number of nitrogens with zero attached hydrogens (tertiary/aromatic N) is 3. The Morgan fingerprint density at radius 3 is 2.34 bits per heavy atom. The van der Waals surface area contributed by atoms with Crippen molar-refractivity contribution >= 4 is 51.6 Å². The number of hydrogen-bond donors (Lipinski definition) is 2. The third kappa shape index (κ3) is 4.23. The number of thiocarbonyl (C=S) groups is 1. The topological polar surface area (TPSA) is 71.8 Å². The van der Waals surface area contributed by atoms with Crippen LogP contribution in [-0.2, 0) is 0 Å². The van der Waals surface area contributed by atoms with Crippen LogP contribution in [0, 0.1) is 5.82 Å². The lowest BCUT2D eigenvalue weighted by Crippen LogP contribution is -2.34. The van der Waals surface area contributed by atoms with Crippen LogP contribution < -0.4 is 10.6 Å². The lowest BCUT2D eigenvalue weighted by atomic mass is 10.2. The minimum Gasteiger partial charge on any atom is -0.331 e. The molecule has 4 rings (SSSR count). The minimum absolute atomic E-state index is 0.0519. The molecule has 1 aromatic heterocycles. The molecule has 6 nitrogen and oxygen atoms in total. The van der Waals surface area contributed by atoms with E-state index >= 15 is 0 Å². The number of anilines is 1. The summed E-state index contributed by atoms with van der Waals surface area (Å²) in [5.74, 6) is -0.888. The number of benzene rings is 3. The van der Waals surface area contributed by atoms with Crippen LogP contribution in [0.2, 0.25) is 5.02 Å². The SMILES string of the molecule is O=C(NC(=S)Nc1cc2nn(-c3ccccc3)nc2cc1Cl)c1ccc(F)cc1. The predicted octanol–water partition coefficient (Wildman–Crippen LogP) is 4.34. The van der Waals surface area contributed by atoms with E-state index in [9.17, 15) is 9.18 Å². The second-order valence-corrected chi connectivity index (χ2v) is 6.88. The molecule has 0 aliphatic carbocycles. The van der Waals surface area contributed by atoms with Crippen molar-refractivity contribution in [1.82, 2.24) is 20.3 Å². The molecule has 0 saturated carbocycles. The van der Waals surface area contributed by atoms with Crippen LogP contribution in [-0.4, -0.2) is 26.0 Å². The normalized spacial score (nSPS) is 10.7. The van der Waals surface area contributed by atoms with Gasteiger partial charge >= 0.3 is 0 Å². The quantitative estimate of drug-likeness (QED) is 0.478. The van der Waals surface area contributed by atoms with Crippen LogP contribution in [0.3, 0.4) is 0 Å². The first-order valence-corrected chi connectivity index (χ1v) is 9.28. The zero-order valence-corrected chi connectivity index (χ0v) is 16.3.